The Morgan fingerprint density at radius 1 is 1.35 bits per heavy atom. The number of nitrogens with zero attached hydrogens (tertiary/aromatic N) is 2. The van der Waals surface area contributed by atoms with Crippen molar-refractivity contribution in [1.29, 1.82) is 0 Å². The van der Waals surface area contributed by atoms with E-state index in [2.05, 4.69) is 10.2 Å². The molecule has 2 aliphatic heterocycles. The summed E-state index contributed by atoms with van der Waals surface area (Å²) < 4.78 is 5.40. The van der Waals surface area contributed by atoms with Crippen LogP contribution < -0.4 is 10.1 Å². The number of hydrogen-bond donors (Lipinski definition) is 1. The Kier molecular flexibility index (Phi) is 8.48. The van der Waals surface area contributed by atoms with E-state index in [-0.39, 0.29) is 24.4 Å². The van der Waals surface area contributed by atoms with Gasteiger partial charge in [-0.1, -0.05) is 18.0 Å². The standard InChI is InChI=1S/C19H28ClN3O2.ClH/c1-25-18-13-15(20)5-6-17(18)19(24)23(16-7-8-21-14-16)12-11-22-9-3-2-4-10-22;/h5-6,13,16,21H,2-4,7-12,14H2,1H3;1H. The van der Waals surface area contributed by atoms with E-state index in [9.17, 15) is 4.79 Å². The Morgan fingerprint density at radius 2 is 2.12 bits per heavy atom. The molecular formula is C19H29Cl2N3O2. The van der Waals surface area contributed by atoms with E-state index in [1.165, 1.54) is 19.3 Å². The smallest absolute Gasteiger partial charge is 0.257 e. The number of rotatable bonds is 6. The average Bonchev–Trinajstić information content (AvgIpc) is 3.17. The Hall–Kier alpha value is -1.01. The molecule has 0 spiro atoms. The maximum atomic E-state index is 13.3. The number of benzene rings is 1. The first-order valence-corrected chi connectivity index (χ1v) is 9.64. The van der Waals surface area contributed by atoms with Crippen LogP contribution in [0, 0.1) is 0 Å². The molecule has 26 heavy (non-hydrogen) atoms. The van der Waals surface area contributed by atoms with Gasteiger partial charge in [0.15, 0.2) is 0 Å². The monoisotopic (exact) mass is 401 g/mol. The zero-order valence-electron chi connectivity index (χ0n) is 15.4. The van der Waals surface area contributed by atoms with Gasteiger partial charge in [0, 0.05) is 30.7 Å². The third-order valence-corrected chi connectivity index (χ3v) is 5.47. The second-order valence-corrected chi connectivity index (χ2v) is 7.33. The third kappa shape index (κ3) is 5.26. The van der Waals surface area contributed by atoms with Gasteiger partial charge < -0.3 is 19.9 Å². The summed E-state index contributed by atoms with van der Waals surface area (Å²) >= 11 is 6.05. The molecule has 1 atom stereocenters. The molecule has 1 aromatic rings. The fraction of sp³-hybridized carbons (Fsp3) is 0.632. The summed E-state index contributed by atoms with van der Waals surface area (Å²) in [6.45, 7) is 5.83. The van der Waals surface area contributed by atoms with Crippen molar-refractivity contribution in [1.82, 2.24) is 15.1 Å². The lowest BCUT2D eigenvalue weighted by Gasteiger charge is -2.33. The normalized spacial score (nSPS) is 20.5. The zero-order valence-corrected chi connectivity index (χ0v) is 17.0. The quantitative estimate of drug-likeness (QED) is 0.795. The minimum Gasteiger partial charge on any atom is -0.496 e. The van der Waals surface area contributed by atoms with Gasteiger partial charge in [-0.3, -0.25) is 4.79 Å². The van der Waals surface area contributed by atoms with Gasteiger partial charge in [0.1, 0.15) is 5.75 Å². The molecule has 7 heteroatoms. The zero-order chi connectivity index (χ0) is 17.6. The second-order valence-electron chi connectivity index (χ2n) is 6.89. The van der Waals surface area contributed by atoms with Crippen LogP contribution >= 0.6 is 24.0 Å². The molecule has 1 N–H and O–H groups in total. The van der Waals surface area contributed by atoms with Gasteiger partial charge in [-0.2, -0.15) is 0 Å². The number of methoxy groups -OCH3 is 1. The van der Waals surface area contributed by atoms with Crippen LogP contribution in [0.25, 0.3) is 0 Å². The van der Waals surface area contributed by atoms with Gasteiger partial charge in [-0.25, -0.2) is 0 Å². The average molecular weight is 402 g/mol. The van der Waals surface area contributed by atoms with Crippen LogP contribution in [0.2, 0.25) is 5.02 Å². The molecule has 0 bridgehead atoms. The fourth-order valence-corrected chi connectivity index (χ4v) is 3.95. The topological polar surface area (TPSA) is 44.8 Å². The lowest BCUT2D eigenvalue weighted by molar-refractivity contribution is 0.0656. The van der Waals surface area contributed by atoms with Crippen molar-refractivity contribution < 1.29 is 9.53 Å². The van der Waals surface area contributed by atoms with E-state index >= 15 is 0 Å². The number of nitrogens with one attached hydrogen (secondary N) is 1. The summed E-state index contributed by atoms with van der Waals surface area (Å²) in [5, 5.41) is 3.95. The molecule has 1 unspecified atom stereocenters. The Balaban J connectivity index is 0.00000243. The van der Waals surface area contributed by atoms with Gasteiger partial charge in [0.05, 0.1) is 12.7 Å². The minimum absolute atomic E-state index is 0. The van der Waals surface area contributed by atoms with Gasteiger partial charge in [0.25, 0.3) is 5.91 Å². The lowest BCUT2D eigenvalue weighted by atomic mass is 10.1. The SMILES string of the molecule is COc1cc(Cl)ccc1C(=O)N(CCN1CCCCC1)C1CCNC1.Cl. The van der Waals surface area contributed by atoms with Crippen LogP contribution in [0.5, 0.6) is 5.75 Å². The van der Waals surface area contributed by atoms with Crippen molar-refractivity contribution in [2.45, 2.75) is 31.7 Å². The van der Waals surface area contributed by atoms with E-state index in [0.717, 1.165) is 45.7 Å². The summed E-state index contributed by atoms with van der Waals surface area (Å²) in [5.74, 6) is 0.589. The molecule has 0 saturated carbocycles. The number of likely N-dealkylation sites (tertiary alicyclic amines) is 1. The van der Waals surface area contributed by atoms with Crippen molar-refractivity contribution in [2.75, 3.05) is 46.4 Å². The molecule has 2 fully saturated rings. The largest absolute Gasteiger partial charge is 0.496 e. The highest BCUT2D eigenvalue weighted by atomic mass is 35.5. The van der Waals surface area contributed by atoms with Crippen LogP contribution in [0.15, 0.2) is 18.2 Å². The molecule has 0 aliphatic carbocycles. The molecule has 2 heterocycles. The first-order valence-electron chi connectivity index (χ1n) is 9.26. The molecule has 0 radical (unpaired) electrons. The van der Waals surface area contributed by atoms with E-state index < -0.39 is 0 Å². The molecule has 2 aliphatic rings. The number of carbonyl (C=O) groups excluding carboxylic acids is 1. The fourth-order valence-electron chi connectivity index (χ4n) is 3.78. The molecule has 1 amide bonds. The predicted molar refractivity (Wildman–Crippen MR) is 108 cm³/mol. The highest BCUT2D eigenvalue weighted by Crippen LogP contribution is 2.26. The predicted octanol–water partition coefficient (Wildman–Crippen LogP) is 3.06. The first-order chi connectivity index (χ1) is 12.2. The van der Waals surface area contributed by atoms with Crippen LogP contribution in [0.3, 0.4) is 0 Å². The Bertz CT molecular complexity index is 588. The van der Waals surface area contributed by atoms with Crippen molar-refractivity contribution in [3.63, 3.8) is 0 Å². The van der Waals surface area contributed by atoms with Gasteiger partial charge in [0.2, 0.25) is 0 Å². The minimum atomic E-state index is 0. The molecule has 1 aromatic carbocycles. The lowest BCUT2D eigenvalue weighted by Crippen LogP contribution is -2.46. The van der Waals surface area contributed by atoms with Crippen LogP contribution in [0.4, 0.5) is 0 Å². The van der Waals surface area contributed by atoms with Gasteiger partial charge >= 0.3 is 0 Å². The summed E-state index contributed by atoms with van der Waals surface area (Å²) in [6.07, 6.45) is 4.86. The molecule has 2 saturated heterocycles. The van der Waals surface area contributed by atoms with E-state index in [1.54, 1.807) is 25.3 Å². The van der Waals surface area contributed by atoms with Crippen molar-refractivity contribution in [3.05, 3.63) is 28.8 Å². The molecule has 3 rings (SSSR count). The highest BCUT2D eigenvalue weighted by molar-refractivity contribution is 6.30. The summed E-state index contributed by atoms with van der Waals surface area (Å²) in [4.78, 5) is 17.8. The highest BCUT2D eigenvalue weighted by Gasteiger charge is 2.29. The van der Waals surface area contributed by atoms with E-state index in [1.807, 2.05) is 4.90 Å². The number of piperidine rings is 1. The molecule has 0 aromatic heterocycles. The second kappa shape index (κ2) is 10.4. The maximum absolute atomic E-state index is 13.3. The summed E-state index contributed by atoms with van der Waals surface area (Å²) in [7, 11) is 1.58. The number of halogens is 2. The van der Waals surface area contributed by atoms with Crippen molar-refractivity contribution in [3.8, 4) is 5.75 Å². The van der Waals surface area contributed by atoms with Crippen LogP contribution in [0.1, 0.15) is 36.0 Å². The van der Waals surface area contributed by atoms with Crippen LogP contribution in [-0.2, 0) is 0 Å². The van der Waals surface area contributed by atoms with Crippen molar-refractivity contribution in [2.24, 2.45) is 0 Å². The summed E-state index contributed by atoms with van der Waals surface area (Å²) in [5.41, 5.74) is 0.595. The first kappa shape index (κ1) is 21.3. The molecular weight excluding hydrogens is 373 g/mol. The van der Waals surface area contributed by atoms with E-state index in [4.69, 9.17) is 16.3 Å². The number of carbonyl (C=O) groups is 1. The third-order valence-electron chi connectivity index (χ3n) is 5.24. The van der Waals surface area contributed by atoms with Crippen molar-refractivity contribution >= 4 is 29.9 Å². The molecule has 5 nitrogen and oxygen atoms in total. The van der Waals surface area contributed by atoms with Crippen LogP contribution in [-0.4, -0.2) is 68.1 Å². The Labute approximate surface area is 167 Å². The maximum Gasteiger partial charge on any atom is 0.257 e. The number of ether oxygens (including phenoxy) is 1. The number of amides is 1. The van der Waals surface area contributed by atoms with Gasteiger partial charge in [-0.05, 0) is 57.1 Å². The van der Waals surface area contributed by atoms with E-state index in [0.29, 0.717) is 16.3 Å². The number of hydrogen-bond acceptors (Lipinski definition) is 4. The van der Waals surface area contributed by atoms with Gasteiger partial charge in [-0.15, -0.1) is 12.4 Å². The molecule has 146 valence electrons. The summed E-state index contributed by atoms with van der Waals surface area (Å²) in [6, 6.07) is 5.50. The Morgan fingerprint density at radius 3 is 2.77 bits per heavy atom.